The fourth-order valence-electron chi connectivity index (χ4n) is 2.81. The molecule has 1 aliphatic rings. The molecule has 11 heteroatoms. The van der Waals surface area contributed by atoms with Gasteiger partial charge < -0.3 is 15.0 Å². The van der Waals surface area contributed by atoms with Crippen molar-refractivity contribution in [1.82, 2.24) is 10.3 Å². The lowest BCUT2D eigenvalue weighted by Crippen LogP contribution is -2.36. The van der Waals surface area contributed by atoms with E-state index in [-0.39, 0.29) is 6.54 Å². The van der Waals surface area contributed by atoms with Crippen LogP contribution in [0.15, 0.2) is 47.6 Å². The van der Waals surface area contributed by atoms with E-state index in [1.807, 2.05) is 12.1 Å². The average Bonchev–Trinajstić information content (AvgIpc) is 2.72. The molecule has 1 amide bonds. The second kappa shape index (κ2) is 8.37. The molecule has 0 bridgehead atoms. The molecule has 0 spiro atoms. The predicted octanol–water partition coefficient (Wildman–Crippen LogP) is 2.14. The normalized spacial score (nSPS) is 15.2. The third kappa shape index (κ3) is 4.67. The van der Waals surface area contributed by atoms with Crippen LogP contribution in [0.1, 0.15) is 15.9 Å². The van der Waals surface area contributed by atoms with Crippen molar-refractivity contribution in [3.63, 3.8) is 0 Å². The SMILES string of the molecule is O=C(NCc1ccc(N2CCOCC2)cc1)c1cccnc1S(=O)(=O)C(F)(F)F. The van der Waals surface area contributed by atoms with Gasteiger partial charge in [0.25, 0.3) is 15.7 Å². The Balaban J connectivity index is 1.70. The number of carbonyl (C=O) groups is 1. The Hall–Kier alpha value is -2.66. The molecule has 29 heavy (non-hydrogen) atoms. The summed E-state index contributed by atoms with van der Waals surface area (Å²) in [6, 6.07) is 9.49. The molecule has 0 radical (unpaired) electrons. The Kier molecular flexibility index (Phi) is 6.08. The topological polar surface area (TPSA) is 88.6 Å². The van der Waals surface area contributed by atoms with Gasteiger partial charge in [-0.15, -0.1) is 0 Å². The molecule has 0 saturated carbocycles. The van der Waals surface area contributed by atoms with Gasteiger partial charge in [0.05, 0.1) is 18.8 Å². The molecule has 3 rings (SSSR count). The minimum atomic E-state index is -5.74. The molecule has 1 aromatic carbocycles. The van der Waals surface area contributed by atoms with Gasteiger partial charge in [-0.05, 0) is 29.8 Å². The second-order valence-electron chi connectivity index (χ2n) is 6.25. The number of nitrogens with zero attached hydrogens (tertiary/aromatic N) is 2. The molecule has 7 nitrogen and oxygen atoms in total. The summed E-state index contributed by atoms with van der Waals surface area (Å²) < 4.78 is 67.1. The number of aromatic nitrogens is 1. The monoisotopic (exact) mass is 429 g/mol. The highest BCUT2D eigenvalue weighted by atomic mass is 32.2. The molecule has 156 valence electrons. The van der Waals surface area contributed by atoms with Crippen molar-refractivity contribution in [3.05, 3.63) is 53.7 Å². The summed E-state index contributed by atoms with van der Waals surface area (Å²) in [6.45, 7) is 2.85. The lowest BCUT2D eigenvalue weighted by atomic mass is 10.2. The zero-order valence-corrected chi connectivity index (χ0v) is 16.0. The van der Waals surface area contributed by atoms with Gasteiger partial charge in [0, 0.05) is 31.5 Å². The van der Waals surface area contributed by atoms with Crippen LogP contribution in [0.3, 0.4) is 0 Å². The number of anilines is 1. The fourth-order valence-corrected chi connectivity index (χ4v) is 3.68. The van der Waals surface area contributed by atoms with E-state index in [1.54, 1.807) is 12.1 Å². The Morgan fingerprint density at radius 2 is 1.79 bits per heavy atom. The molecule has 2 heterocycles. The van der Waals surface area contributed by atoms with Gasteiger partial charge in [-0.1, -0.05) is 12.1 Å². The number of amides is 1. The number of ether oxygens (including phenoxy) is 1. The standard InChI is InChI=1S/C18H18F3N3O4S/c19-18(20,21)29(26,27)17-15(2-1-7-22-17)16(25)23-12-13-3-5-14(6-4-13)24-8-10-28-11-9-24/h1-7H,8-12H2,(H,23,25). The van der Waals surface area contributed by atoms with E-state index in [0.29, 0.717) is 18.8 Å². The third-order valence-electron chi connectivity index (χ3n) is 4.34. The molecule has 1 fully saturated rings. The molecule has 0 aliphatic carbocycles. The van der Waals surface area contributed by atoms with Crippen molar-refractivity contribution >= 4 is 21.4 Å². The van der Waals surface area contributed by atoms with Crippen molar-refractivity contribution < 1.29 is 31.1 Å². The van der Waals surface area contributed by atoms with E-state index in [0.717, 1.165) is 31.0 Å². The summed E-state index contributed by atoms with van der Waals surface area (Å²) in [5.74, 6) is -0.960. The minimum absolute atomic E-state index is 0.0165. The van der Waals surface area contributed by atoms with E-state index >= 15 is 0 Å². The van der Waals surface area contributed by atoms with Crippen LogP contribution in [-0.2, 0) is 21.1 Å². The second-order valence-corrected chi connectivity index (χ2v) is 8.11. The first-order valence-corrected chi connectivity index (χ1v) is 10.1. The average molecular weight is 429 g/mol. The van der Waals surface area contributed by atoms with Crippen LogP contribution in [0.4, 0.5) is 18.9 Å². The van der Waals surface area contributed by atoms with Gasteiger partial charge in [0.1, 0.15) is 0 Å². The molecule has 1 N–H and O–H groups in total. The highest BCUT2D eigenvalue weighted by Gasteiger charge is 2.49. The van der Waals surface area contributed by atoms with Crippen molar-refractivity contribution in [2.24, 2.45) is 0 Å². The number of benzene rings is 1. The molecule has 1 aromatic heterocycles. The maximum absolute atomic E-state index is 12.8. The van der Waals surface area contributed by atoms with Gasteiger partial charge in [-0.3, -0.25) is 4.79 Å². The summed E-state index contributed by atoms with van der Waals surface area (Å²) in [6.07, 6.45) is 0.889. The van der Waals surface area contributed by atoms with Crippen LogP contribution in [0, 0.1) is 0 Å². The summed E-state index contributed by atoms with van der Waals surface area (Å²) in [5, 5.41) is 1.12. The van der Waals surface area contributed by atoms with E-state index < -0.39 is 31.8 Å². The van der Waals surface area contributed by atoms with Gasteiger partial charge in [-0.2, -0.15) is 13.2 Å². The van der Waals surface area contributed by atoms with Crippen molar-refractivity contribution in [2.45, 2.75) is 17.1 Å². The van der Waals surface area contributed by atoms with E-state index in [2.05, 4.69) is 15.2 Å². The first-order chi connectivity index (χ1) is 13.7. The van der Waals surface area contributed by atoms with Crippen molar-refractivity contribution in [2.75, 3.05) is 31.2 Å². The van der Waals surface area contributed by atoms with Crippen molar-refractivity contribution in [3.8, 4) is 0 Å². The molecule has 0 unspecified atom stereocenters. The molecule has 2 aromatic rings. The predicted molar refractivity (Wildman–Crippen MR) is 98.1 cm³/mol. The summed E-state index contributed by atoms with van der Waals surface area (Å²) in [4.78, 5) is 17.7. The van der Waals surface area contributed by atoms with Crippen LogP contribution in [0.2, 0.25) is 0 Å². The number of rotatable bonds is 5. The number of pyridine rings is 1. The van der Waals surface area contributed by atoms with Gasteiger partial charge in [0.15, 0.2) is 5.03 Å². The number of morpholine rings is 1. The molecule has 1 aliphatic heterocycles. The molecule has 1 saturated heterocycles. The first kappa shape index (κ1) is 21.1. The molecular weight excluding hydrogens is 411 g/mol. The number of halogens is 3. The first-order valence-electron chi connectivity index (χ1n) is 8.66. The summed E-state index contributed by atoms with van der Waals surface area (Å²) >= 11 is 0. The third-order valence-corrected chi connectivity index (χ3v) is 5.78. The maximum Gasteiger partial charge on any atom is 0.503 e. The van der Waals surface area contributed by atoms with E-state index in [1.165, 1.54) is 6.07 Å². The molecule has 0 atom stereocenters. The Morgan fingerprint density at radius 1 is 1.14 bits per heavy atom. The number of carbonyl (C=O) groups excluding carboxylic acids is 1. The number of hydrogen-bond acceptors (Lipinski definition) is 6. The Morgan fingerprint density at radius 3 is 2.41 bits per heavy atom. The molecular formula is C18H18F3N3O4S. The largest absolute Gasteiger partial charge is 0.503 e. The number of alkyl halides is 3. The number of sulfone groups is 1. The number of hydrogen-bond donors (Lipinski definition) is 1. The van der Waals surface area contributed by atoms with Crippen LogP contribution in [-0.4, -0.2) is 51.1 Å². The van der Waals surface area contributed by atoms with E-state index in [9.17, 15) is 26.4 Å². The highest BCUT2D eigenvalue weighted by Crippen LogP contribution is 2.30. The fraction of sp³-hybridized carbons (Fsp3) is 0.333. The number of nitrogens with one attached hydrogen (secondary N) is 1. The lowest BCUT2D eigenvalue weighted by Gasteiger charge is -2.28. The van der Waals surface area contributed by atoms with Gasteiger partial charge in [-0.25, -0.2) is 13.4 Å². The minimum Gasteiger partial charge on any atom is -0.378 e. The van der Waals surface area contributed by atoms with Crippen molar-refractivity contribution in [1.29, 1.82) is 0 Å². The quantitative estimate of drug-likeness (QED) is 0.784. The highest BCUT2D eigenvalue weighted by molar-refractivity contribution is 7.92. The Labute approximate surface area is 165 Å². The van der Waals surface area contributed by atoms with Crippen LogP contribution < -0.4 is 10.2 Å². The summed E-state index contributed by atoms with van der Waals surface area (Å²) in [7, 11) is -5.74. The Bertz CT molecular complexity index is 973. The smallest absolute Gasteiger partial charge is 0.378 e. The lowest BCUT2D eigenvalue weighted by molar-refractivity contribution is -0.0438. The van der Waals surface area contributed by atoms with Gasteiger partial charge in [0.2, 0.25) is 0 Å². The van der Waals surface area contributed by atoms with Crippen LogP contribution in [0.25, 0.3) is 0 Å². The summed E-state index contributed by atoms with van der Waals surface area (Å²) in [5.41, 5.74) is -4.51. The van der Waals surface area contributed by atoms with Gasteiger partial charge >= 0.3 is 5.51 Å². The van der Waals surface area contributed by atoms with E-state index in [4.69, 9.17) is 4.74 Å². The van der Waals surface area contributed by atoms with Crippen LogP contribution >= 0.6 is 0 Å². The zero-order valence-electron chi connectivity index (χ0n) is 15.1. The van der Waals surface area contributed by atoms with Crippen LogP contribution in [0.5, 0.6) is 0 Å². The zero-order chi connectivity index (χ0) is 21.1. The maximum atomic E-state index is 12.8.